The molecule has 2 heteroatoms. The topological polar surface area (TPSA) is 19.9 Å². The minimum Gasteiger partial charge on any atom is -0.343 e. The summed E-state index contributed by atoms with van der Waals surface area (Å²) in [4.78, 5) is 2.70. The van der Waals surface area contributed by atoms with Gasteiger partial charge >= 0.3 is 0 Å². The number of nitrogens with two attached hydrogens (primary N) is 1. The van der Waals surface area contributed by atoms with Gasteiger partial charge in [0.25, 0.3) is 0 Å². The van der Waals surface area contributed by atoms with Gasteiger partial charge in [-0.05, 0) is 31.8 Å². The van der Waals surface area contributed by atoms with E-state index in [1.165, 1.54) is 45.4 Å². The Morgan fingerprint density at radius 1 is 1.14 bits per heavy atom. The Labute approximate surface area is 89.1 Å². The van der Waals surface area contributed by atoms with Gasteiger partial charge in [0.15, 0.2) is 0 Å². The molecule has 2 heterocycles. The van der Waals surface area contributed by atoms with E-state index in [1.807, 2.05) is 13.8 Å². The van der Waals surface area contributed by atoms with E-state index < -0.39 is 0 Å². The van der Waals surface area contributed by atoms with Crippen LogP contribution in [0.1, 0.15) is 40.0 Å². The lowest BCUT2D eigenvalue weighted by Crippen LogP contribution is -3.00. The van der Waals surface area contributed by atoms with Gasteiger partial charge in [-0.3, -0.25) is 4.90 Å². The van der Waals surface area contributed by atoms with Crippen LogP contribution in [0.15, 0.2) is 0 Å². The van der Waals surface area contributed by atoms with Gasteiger partial charge in [0.2, 0.25) is 0 Å². The fourth-order valence-electron chi connectivity index (χ4n) is 2.34. The van der Waals surface area contributed by atoms with Crippen molar-refractivity contribution < 1.29 is 5.32 Å². The third kappa shape index (κ3) is 2.96. The molecule has 0 radical (unpaired) electrons. The summed E-state index contributed by atoms with van der Waals surface area (Å²) in [5.41, 5.74) is 0. The van der Waals surface area contributed by atoms with Gasteiger partial charge in [-0.15, -0.1) is 0 Å². The van der Waals surface area contributed by atoms with E-state index in [1.54, 1.807) is 0 Å². The summed E-state index contributed by atoms with van der Waals surface area (Å²) in [7, 11) is 0. The lowest BCUT2D eigenvalue weighted by molar-refractivity contribution is -0.717. The Kier molecular flexibility index (Phi) is 5.49. The summed E-state index contributed by atoms with van der Waals surface area (Å²) in [6, 6.07) is 0.933. The molecule has 2 rings (SSSR count). The third-order valence-corrected chi connectivity index (χ3v) is 3.62. The average Bonchev–Trinajstić information content (AvgIpc) is 2.20. The Balaban J connectivity index is 0.000000461. The van der Waals surface area contributed by atoms with E-state index in [2.05, 4.69) is 17.1 Å². The van der Waals surface area contributed by atoms with Crippen molar-refractivity contribution in [1.82, 2.24) is 4.90 Å². The van der Waals surface area contributed by atoms with E-state index in [9.17, 15) is 0 Å². The number of nitrogens with zero attached hydrogens (tertiary/aromatic N) is 1. The highest BCUT2D eigenvalue weighted by atomic mass is 15.2. The largest absolute Gasteiger partial charge is 0.343 e. The number of rotatable bonds is 2. The van der Waals surface area contributed by atoms with Gasteiger partial charge in [0, 0.05) is 0 Å². The lowest BCUT2D eigenvalue weighted by atomic mass is 9.93. The third-order valence-electron chi connectivity index (χ3n) is 3.62. The van der Waals surface area contributed by atoms with E-state index in [0.29, 0.717) is 0 Å². The van der Waals surface area contributed by atoms with Crippen molar-refractivity contribution in [2.24, 2.45) is 5.92 Å². The fourth-order valence-corrected chi connectivity index (χ4v) is 2.34. The first kappa shape index (κ1) is 12.0. The number of hydrogen-bond donors (Lipinski definition) is 1. The molecule has 2 N–H and O–H groups in total. The van der Waals surface area contributed by atoms with Crippen molar-refractivity contribution in [3.8, 4) is 0 Å². The van der Waals surface area contributed by atoms with Gasteiger partial charge in [0.05, 0.1) is 13.1 Å². The summed E-state index contributed by atoms with van der Waals surface area (Å²) < 4.78 is 0. The molecule has 0 aromatic rings. The average molecular weight is 199 g/mol. The second-order valence-electron chi connectivity index (χ2n) is 4.30. The Bertz CT molecular complexity index is 135. The van der Waals surface area contributed by atoms with Gasteiger partial charge in [0.1, 0.15) is 6.04 Å². The predicted molar refractivity (Wildman–Crippen MR) is 61.4 cm³/mol. The number of hydrogen-bond acceptors (Lipinski definition) is 1. The van der Waals surface area contributed by atoms with Crippen LogP contribution in [0.3, 0.4) is 0 Å². The molecule has 0 aromatic heterocycles. The summed E-state index contributed by atoms with van der Waals surface area (Å²) in [5.74, 6) is 1.03. The first-order chi connectivity index (χ1) is 6.90. The van der Waals surface area contributed by atoms with Crippen molar-refractivity contribution in [3.63, 3.8) is 0 Å². The number of piperidine rings is 1. The zero-order chi connectivity index (χ0) is 10.4. The van der Waals surface area contributed by atoms with Crippen LogP contribution >= 0.6 is 0 Å². The molecule has 2 aliphatic heterocycles. The van der Waals surface area contributed by atoms with Crippen molar-refractivity contribution in [1.29, 1.82) is 0 Å². The molecule has 2 fully saturated rings. The maximum Gasteiger partial charge on any atom is 0.108 e. The minimum absolute atomic E-state index is 0.933. The van der Waals surface area contributed by atoms with Crippen LogP contribution in [-0.4, -0.2) is 37.1 Å². The maximum atomic E-state index is 2.70. The highest BCUT2D eigenvalue weighted by Gasteiger charge is 2.30. The number of quaternary nitrogens is 1. The van der Waals surface area contributed by atoms with Gasteiger partial charge in [-0.2, -0.15) is 0 Å². The van der Waals surface area contributed by atoms with Crippen molar-refractivity contribution in [2.45, 2.75) is 46.1 Å². The smallest absolute Gasteiger partial charge is 0.108 e. The molecule has 0 saturated carbocycles. The molecule has 0 bridgehead atoms. The molecule has 2 nitrogen and oxygen atoms in total. The Hall–Kier alpha value is -0.0800. The molecule has 2 aliphatic rings. The van der Waals surface area contributed by atoms with Crippen molar-refractivity contribution >= 4 is 0 Å². The Morgan fingerprint density at radius 2 is 1.71 bits per heavy atom. The Morgan fingerprint density at radius 3 is 2.07 bits per heavy atom. The summed E-state index contributed by atoms with van der Waals surface area (Å²) >= 11 is 0. The fraction of sp³-hybridized carbons (Fsp3) is 1.00. The van der Waals surface area contributed by atoms with Crippen LogP contribution in [0.25, 0.3) is 0 Å². The van der Waals surface area contributed by atoms with Gasteiger partial charge < -0.3 is 5.32 Å². The summed E-state index contributed by atoms with van der Waals surface area (Å²) in [6.07, 6.45) is 4.30. The summed E-state index contributed by atoms with van der Waals surface area (Å²) in [6.45, 7) is 11.8. The van der Waals surface area contributed by atoms with Crippen LogP contribution in [0.2, 0.25) is 0 Å². The quantitative estimate of drug-likeness (QED) is 0.705. The maximum absolute atomic E-state index is 2.70. The molecule has 0 aromatic carbocycles. The van der Waals surface area contributed by atoms with E-state index in [-0.39, 0.29) is 0 Å². The SMILES string of the molecule is CC.CCC1CCN(C2C[NH2+]C2)CC1. The molecular weight excluding hydrogens is 172 g/mol. The van der Waals surface area contributed by atoms with Crippen LogP contribution in [-0.2, 0) is 0 Å². The van der Waals surface area contributed by atoms with Gasteiger partial charge in [-0.25, -0.2) is 0 Å². The molecule has 14 heavy (non-hydrogen) atoms. The van der Waals surface area contributed by atoms with Crippen LogP contribution < -0.4 is 5.32 Å². The molecule has 0 atom stereocenters. The predicted octanol–water partition coefficient (Wildman–Crippen LogP) is 1.08. The molecular formula is C12H27N2+. The van der Waals surface area contributed by atoms with Crippen molar-refractivity contribution in [2.75, 3.05) is 26.2 Å². The van der Waals surface area contributed by atoms with Crippen LogP contribution in [0.4, 0.5) is 0 Å². The highest BCUT2D eigenvalue weighted by molar-refractivity contribution is 4.79. The zero-order valence-corrected chi connectivity index (χ0v) is 10.1. The molecule has 0 amide bonds. The zero-order valence-electron chi connectivity index (χ0n) is 10.1. The molecule has 0 unspecified atom stereocenters. The first-order valence-electron chi connectivity index (χ1n) is 6.46. The lowest BCUT2D eigenvalue weighted by Gasteiger charge is -2.39. The second kappa shape index (κ2) is 6.41. The van der Waals surface area contributed by atoms with Crippen LogP contribution in [0, 0.1) is 5.92 Å². The number of likely N-dealkylation sites (tertiary alicyclic amines) is 1. The molecule has 0 aliphatic carbocycles. The highest BCUT2D eigenvalue weighted by Crippen LogP contribution is 2.21. The first-order valence-corrected chi connectivity index (χ1v) is 6.46. The van der Waals surface area contributed by atoms with Crippen molar-refractivity contribution in [3.05, 3.63) is 0 Å². The normalized spacial score (nSPS) is 25.1. The molecule has 0 spiro atoms. The molecule has 2 saturated heterocycles. The standard InChI is InChI=1S/C10H20N2.C2H6/c1-2-9-3-5-12(6-4-9)10-7-11-8-10;1-2/h9-11H,2-8H2,1H3;1-2H3/p+1. The second-order valence-corrected chi connectivity index (χ2v) is 4.30. The minimum atomic E-state index is 0.933. The van der Waals surface area contributed by atoms with E-state index >= 15 is 0 Å². The summed E-state index contributed by atoms with van der Waals surface area (Å²) in [5, 5.41) is 2.41. The van der Waals surface area contributed by atoms with E-state index in [0.717, 1.165) is 12.0 Å². The van der Waals surface area contributed by atoms with E-state index in [4.69, 9.17) is 0 Å². The molecule has 84 valence electrons. The van der Waals surface area contributed by atoms with Gasteiger partial charge in [-0.1, -0.05) is 27.2 Å². The van der Waals surface area contributed by atoms with Crippen LogP contribution in [0.5, 0.6) is 0 Å². The monoisotopic (exact) mass is 199 g/mol.